The Morgan fingerprint density at radius 3 is 2.58 bits per heavy atom. The van der Waals surface area contributed by atoms with Gasteiger partial charge in [-0.3, -0.25) is 4.79 Å². The zero-order chi connectivity index (χ0) is 9.19. The van der Waals surface area contributed by atoms with E-state index in [-0.39, 0.29) is 17.5 Å². The second-order valence-electron chi connectivity index (χ2n) is 4.27. The van der Waals surface area contributed by atoms with Crippen molar-refractivity contribution < 1.29 is 9.53 Å². The second-order valence-corrected chi connectivity index (χ2v) is 4.27. The molecule has 1 atom stereocenters. The minimum Gasteiger partial charge on any atom is -0.461 e. The lowest BCUT2D eigenvalue weighted by Gasteiger charge is -2.19. The Bertz CT molecular complexity index is 166. The normalized spacial score (nSPS) is 24.1. The monoisotopic (exact) mass is 171 g/mol. The van der Waals surface area contributed by atoms with Gasteiger partial charge in [0.05, 0.1) is 5.41 Å². The summed E-state index contributed by atoms with van der Waals surface area (Å²) < 4.78 is 5.27. The zero-order valence-corrected chi connectivity index (χ0v) is 8.02. The van der Waals surface area contributed by atoms with Crippen molar-refractivity contribution in [3.63, 3.8) is 0 Å². The first-order chi connectivity index (χ1) is 5.50. The molecule has 0 unspecified atom stereocenters. The Kier molecular flexibility index (Phi) is 2.73. The van der Waals surface area contributed by atoms with E-state index in [0.717, 1.165) is 19.5 Å². The fourth-order valence-corrected chi connectivity index (χ4v) is 1.06. The maximum absolute atomic E-state index is 11.4. The van der Waals surface area contributed by atoms with Crippen LogP contribution in [-0.2, 0) is 9.53 Å². The number of esters is 1. The highest BCUT2D eigenvalue weighted by molar-refractivity contribution is 5.75. The average molecular weight is 171 g/mol. The highest BCUT2D eigenvalue weighted by Gasteiger charge is 2.27. The molecule has 0 saturated carbocycles. The summed E-state index contributed by atoms with van der Waals surface area (Å²) >= 11 is 0. The summed E-state index contributed by atoms with van der Waals surface area (Å²) in [6, 6.07) is 0. The molecule has 1 fully saturated rings. The number of nitrogens with one attached hydrogen (secondary N) is 1. The van der Waals surface area contributed by atoms with E-state index in [4.69, 9.17) is 4.74 Å². The Labute approximate surface area is 73.5 Å². The second kappa shape index (κ2) is 3.44. The summed E-state index contributed by atoms with van der Waals surface area (Å²) in [5, 5.41) is 3.15. The molecule has 1 aliphatic heterocycles. The van der Waals surface area contributed by atoms with Crippen LogP contribution < -0.4 is 5.32 Å². The van der Waals surface area contributed by atoms with Crippen molar-refractivity contribution in [2.24, 2.45) is 5.41 Å². The minimum atomic E-state index is -0.372. The summed E-state index contributed by atoms with van der Waals surface area (Å²) in [7, 11) is 0. The lowest BCUT2D eigenvalue weighted by atomic mass is 9.97. The van der Waals surface area contributed by atoms with Crippen LogP contribution in [0.5, 0.6) is 0 Å². The van der Waals surface area contributed by atoms with Crippen molar-refractivity contribution in [1.82, 2.24) is 5.32 Å². The van der Waals surface area contributed by atoms with Gasteiger partial charge in [0.2, 0.25) is 0 Å². The largest absolute Gasteiger partial charge is 0.461 e. The van der Waals surface area contributed by atoms with Crippen molar-refractivity contribution in [3.05, 3.63) is 0 Å². The zero-order valence-electron chi connectivity index (χ0n) is 8.02. The number of ether oxygens (including phenoxy) is 1. The molecular weight excluding hydrogens is 154 g/mol. The smallest absolute Gasteiger partial charge is 0.311 e. The number of hydrogen-bond acceptors (Lipinski definition) is 3. The third kappa shape index (κ3) is 2.48. The van der Waals surface area contributed by atoms with Crippen LogP contribution in [0.1, 0.15) is 27.2 Å². The molecule has 3 heteroatoms. The average Bonchev–Trinajstić information content (AvgIpc) is 2.37. The molecule has 0 bridgehead atoms. The molecular formula is C9H17NO2. The van der Waals surface area contributed by atoms with Gasteiger partial charge in [-0.2, -0.15) is 0 Å². The van der Waals surface area contributed by atoms with Crippen LogP contribution in [0, 0.1) is 5.41 Å². The molecule has 0 radical (unpaired) electrons. The first-order valence-electron chi connectivity index (χ1n) is 4.42. The Balaban J connectivity index is 2.35. The van der Waals surface area contributed by atoms with Crippen LogP contribution in [-0.4, -0.2) is 25.2 Å². The van der Waals surface area contributed by atoms with Crippen molar-refractivity contribution in [1.29, 1.82) is 0 Å². The molecule has 1 aliphatic rings. The lowest BCUT2D eigenvalue weighted by molar-refractivity contribution is -0.157. The Hall–Kier alpha value is -0.570. The fourth-order valence-electron chi connectivity index (χ4n) is 1.06. The van der Waals surface area contributed by atoms with Gasteiger partial charge in [-0.1, -0.05) is 0 Å². The van der Waals surface area contributed by atoms with E-state index >= 15 is 0 Å². The number of rotatable bonds is 1. The number of hydrogen-bond donors (Lipinski definition) is 1. The fraction of sp³-hybridized carbons (Fsp3) is 0.889. The Morgan fingerprint density at radius 2 is 2.17 bits per heavy atom. The maximum atomic E-state index is 11.4. The van der Waals surface area contributed by atoms with Crippen LogP contribution in [0.2, 0.25) is 0 Å². The molecule has 0 amide bonds. The van der Waals surface area contributed by atoms with E-state index in [0.29, 0.717) is 0 Å². The van der Waals surface area contributed by atoms with E-state index in [9.17, 15) is 4.79 Å². The van der Waals surface area contributed by atoms with Crippen molar-refractivity contribution in [3.8, 4) is 0 Å². The van der Waals surface area contributed by atoms with Crippen molar-refractivity contribution in [2.45, 2.75) is 33.3 Å². The molecule has 1 N–H and O–H groups in total. The predicted molar refractivity (Wildman–Crippen MR) is 46.8 cm³/mol. The molecule has 1 saturated heterocycles. The SMILES string of the molecule is CC(C)(C)C(=O)O[C@H]1CCNC1. The van der Waals surface area contributed by atoms with Crippen LogP contribution >= 0.6 is 0 Å². The van der Waals surface area contributed by atoms with E-state index in [1.54, 1.807) is 0 Å². The van der Waals surface area contributed by atoms with E-state index in [1.807, 2.05) is 20.8 Å². The van der Waals surface area contributed by atoms with Gasteiger partial charge in [0.15, 0.2) is 0 Å². The molecule has 0 aromatic heterocycles. The van der Waals surface area contributed by atoms with E-state index in [1.165, 1.54) is 0 Å². The van der Waals surface area contributed by atoms with Gasteiger partial charge in [-0.05, 0) is 33.7 Å². The Morgan fingerprint density at radius 1 is 1.50 bits per heavy atom. The lowest BCUT2D eigenvalue weighted by Crippen LogP contribution is -2.29. The summed E-state index contributed by atoms with van der Waals surface area (Å²) in [6.45, 7) is 7.39. The standard InChI is InChI=1S/C9H17NO2/c1-9(2,3)8(11)12-7-4-5-10-6-7/h7,10H,4-6H2,1-3H3/t7-/m0/s1. The van der Waals surface area contributed by atoms with Gasteiger partial charge in [-0.15, -0.1) is 0 Å². The minimum absolute atomic E-state index is 0.0942. The van der Waals surface area contributed by atoms with E-state index < -0.39 is 0 Å². The molecule has 3 nitrogen and oxygen atoms in total. The van der Waals surface area contributed by atoms with E-state index in [2.05, 4.69) is 5.32 Å². The molecule has 1 rings (SSSR count). The first kappa shape index (κ1) is 9.52. The molecule has 0 spiro atoms. The van der Waals surface area contributed by atoms with Crippen molar-refractivity contribution >= 4 is 5.97 Å². The third-order valence-corrected chi connectivity index (χ3v) is 1.90. The van der Waals surface area contributed by atoms with Crippen LogP contribution in [0.4, 0.5) is 0 Å². The molecule has 0 aromatic rings. The number of carbonyl (C=O) groups excluding carboxylic acids is 1. The highest BCUT2D eigenvalue weighted by Crippen LogP contribution is 2.17. The molecule has 0 aliphatic carbocycles. The molecule has 0 aromatic carbocycles. The van der Waals surface area contributed by atoms with Crippen LogP contribution in [0.25, 0.3) is 0 Å². The summed E-state index contributed by atoms with van der Waals surface area (Å²) in [6.07, 6.45) is 1.04. The van der Waals surface area contributed by atoms with Gasteiger partial charge < -0.3 is 10.1 Å². The quantitative estimate of drug-likeness (QED) is 0.597. The van der Waals surface area contributed by atoms with Gasteiger partial charge >= 0.3 is 5.97 Å². The molecule has 70 valence electrons. The first-order valence-corrected chi connectivity index (χ1v) is 4.42. The topological polar surface area (TPSA) is 38.3 Å². The number of carbonyl (C=O) groups is 1. The third-order valence-electron chi connectivity index (χ3n) is 1.90. The summed E-state index contributed by atoms with van der Waals surface area (Å²) in [4.78, 5) is 11.4. The maximum Gasteiger partial charge on any atom is 0.311 e. The molecule has 12 heavy (non-hydrogen) atoms. The highest BCUT2D eigenvalue weighted by atomic mass is 16.5. The van der Waals surface area contributed by atoms with Gasteiger partial charge in [0, 0.05) is 6.54 Å². The van der Waals surface area contributed by atoms with Gasteiger partial charge in [0.1, 0.15) is 6.10 Å². The molecule has 1 heterocycles. The van der Waals surface area contributed by atoms with Crippen LogP contribution in [0.3, 0.4) is 0 Å². The van der Waals surface area contributed by atoms with Gasteiger partial charge in [-0.25, -0.2) is 0 Å². The summed E-state index contributed by atoms with van der Waals surface area (Å²) in [5.74, 6) is -0.101. The summed E-state index contributed by atoms with van der Waals surface area (Å²) in [5.41, 5.74) is -0.372. The predicted octanol–water partition coefficient (Wildman–Crippen LogP) is 0.938. The van der Waals surface area contributed by atoms with Crippen LogP contribution in [0.15, 0.2) is 0 Å². The van der Waals surface area contributed by atoms with Crippen molar-refractivity contribution in [2.75, 3.05) is 13.1 Å². The van der Waals surface area contributed by atoms with Gasteiger partial charge in [0.25, 0.3) is 0 Å².